The van der Waals surface area contributed by atoms with E-state index in [-0.39, 0.29) is 17.9 Å². The van der Waals surface area contributed by atoms with E-state index in [4.69, 9.17) is 9.47 Å². The molecule has 1 heterocycles. The molecular weight excluding hydrogens is 386 g/mol. The number of rotatable bonds is 9. The number of carbonyl (C=O) groups is 3. The van der Waals surface area contributed by atoms with Gasteiger partial charge in [0.2, 0.25) is 0 Å². The maximum atomic E-state index is 12.4. The average Bonchev–Trinajstić information content (AvgIpc) is 3.03. The highest BCUT2D eigenvalue weighted by Crippen LogP contribution is 2.20. The number of ether oxygens (including phenoxy) is 2. The number of aryl methyl sites for hydroxylation is 1. The normalized spacial score (nSPS) is 10.4. The van der Waals surface area contributed by atoms with Crippen LogP contribution < -0.4 is 10.2 Å². The molecule has 1 aromatic heterocycles. The Bertz CT molecular complexity index is 898. The minimum absolute atomic E-state index is 0.207. The number of H-pyrrole nitrogens is 1. The third-order valence-electron chi connectivity index (χ3n) is 4.74. The Morgan fingerprint density at radius 3 is 2.17 bits per heavy atom. The van der Waals surface area contributed by atoms with Crippen LogP contribution in [0.4, 0.5) is 11.4 Å². The number of nitrogens with zero attached hydrogens (tertiary/aromatic N) is 1. The molecule has 162 valence electrons. The molecule has 0 bridgehead atoms. The molecule has 0 atom stereocenters. The minimum Gasteiger partial charge on any atom is -0.461 e. The second-order valence-corrected chi connectivity index (χ2v) is 6.69. The number of esters is 2. The summed E-state index contributed by atoms with van der Waals surface area (Å²) in [5.41, 5.74) is 3.04. The lowest BCUT2D eigenvalue weighted by Crippen LogP contribution is -2.22. The van der Waals surface area contributed by atoms with Crippen molar-refractivity contribution < 1.29 is 23.9 Å². The Morgan fingerprint density at radius 2 is 1.60 bits per heavy atom. The highest BCUT2D eigenvalue weighted by Gasteiger charge is 2.24. The predicted octanol–water partition coefficient (Wildman–Crippen LogP) is 3.45. The number of benzene rings is 1. The van der Waals surface area contributed by atoms with Gasteiger partial charge in [-0.05, 0) is 64.4 Å². The lowest BCUT2D eigenvalue weighted by Gasteiger charge is -2.21. The van der Waals surface area contributed by atoms with Gasteiger partial charge in [-0.1, -0.05) is 0 Å². The van der Waals surface area contributed by atoms with Crippen LogP contribution >= 0.6 is 0 Å². The number of carbonyl (C=O) groups excluding carboxylic acids is 3. The van der Waals surface area contributed by atoms with Crippen LogP contribution in [0.25, 0.3) is 0 Å². The van der Waals surface area contributed by atoms with E-state index >= 15 is 0 Å². The lowest BCUT2D eigenvalue weighted by molar-refractivity contribution is -0.119. The molecule has 1 aromatic carbocycles. The Hall–Kier alpha value is -3.29. The van der Waals surface area contributed by atoms with E-state index < -0.39 is 24.5 Å². The van der Waals surface area contributed by atoms with E-state index in [0.29, 0.717) is 16.9 Å². The summed E-state index contributed by atoms with van der Waals surface area (Å²) in [5, 5.41) is 2.70. The van der Waals surface area contributed by atoms with Crippen molar-refractivity contribution >= 4 is 29.2 Å². The van der Waals surface area contributed by atoms with Crippen LogP contribution in [0.3, 0.4) is 0 Å². The fourth-order valence-electron chi connectivity index (χ4n) is 3.21. The number of amides is 1. The topological polar surface area (TPSA) is 101 Å². The Kier molecular flexibility index (Phi) is 8.03. The third-order valence-corrected chi connectivity index (χ3v) is 4.74. The summed E-state index contributed by atoms with van der Waals surface area (Å²) in [6.45, 7) is 10.7. The lowest BCUT2D eigenvalue weighted by atomic mass is 10.1. The zero-order valence-corrected chi connectivity index (χ0v) is 18.1. The van der Waals surface area contributed by atoms with Gasteiger partial charge in [-0.3, -0.25) is 4.79 Å². The summed E-state index contributed by atoms with van der Waals surface area (Å²) in [6.07, 6.45) is 0. The molecule has 0 radical (unpaired) electrons. The Morgan fingerprint density at radius 1 is 0.967 bits per heavy atom. The zero-order valence-electron chi connectivity index (χ0n) is 18.1. The molecule has 8 nitrogen and oxygen atoms in total. The van der Waals surface area contributed by atoms with E-state index in [0.717, 1.165) is 18.8 Å². The van der Waals surface area contributed by atoms with Crippen molar-refractivity contribution in [3.63, 3.8) is 0 Å². The predicted molar refractivity (Wildman–Crippen MR) is 115 cm³/mol. The highest BCUT2D eigenvalue weighted by molar-refractivity contribution is 6.00. The van der Waals surface area contributed by atoms with Crippen LogP contribution in [0.15, 0.2) is 24.3 Å². The third kappa shape index (κ3) is 5.40. The summed E-state index contributed by atoms with van der Waals surface area (Å²) in [7, 11) is 0. The molecule has 2 rings (SSSR count). The monoisotopic (exact) mass is 415 g/mol. The second kappa shape index (κ2) is 10.5. The molecule has 30 heavy (non-hydrogen) atoms. The van der Waals surface area contributed by atoms with Gasteiger partial charge in [0.05, 0.1) is 12.2 Å². The number of hydrogen-bond acceptors (Lipinski definition) is 6. The van der Waals surface area contributed by atoms with Crippen LogP contribution in [0, 0.1) is 13.8 Å². The molecule has 0 saturated heterocycles. The van der Waals surface area contributed by atoms with Crippen molar-refractivity contribution in [3.8, 4) is 0 Å². The summed E-state index contributed by atoms with van der Waals surface area (Å²) in [4.78, 5) is 41.6. The van der Waals surface area contributed by atoms with Crippen molar-refractivity contribution in [1.29, 1.82) is 0 Å². The molecular formula is C22H29N3O5. The second-order valence-electron chi connectivity index (χ2n) is 6.69. The number of hydrogen-bond donors (Lipinski definition) is 2. The van der Waals surface area contributed by atoms with Gasteiger partial charge in [0.25, 0.3) is 5.91 Å². The maximum absolute atomic E-state index is 12.4. The first-order chi connectivity index (χ1) is 14.3. The highest BCUT2D eigenvalue weighted by atomic mass is 16.5. The summed E-state index contributed by atoms with van der Waals surface area (Å²) in [5.74, 6) is -1.66. The van der Waals surface area contributed by atoms with Gasteiger partial charge in [-0.2, -0.15) is 0 Å². The van der Waals surface area contributed by atoms with Crippen LogP contribution in [-0.2, 0) is 14.3 Å². The van der Waals surface area contributed by atoms with Crippen molar-refractivity contribution in [2.75, 3.05) is 36.5 Å². The van der Waals surface area contributed by atoms with Gasteiger partial charge < -0.3 is 24.7 Å². The molecule has 0 aliphatic carbocycles. The molecule has 2 aromatic rings. The molecule has 1 amide bonds. The van der Waals surface area contributed by atoms with E-state index in [1.807, 2.05) is 12.1 Å². The first-order valence-electron chi connectivity index (χ1n) is 10.0. The zero-order chi connectivity index (χ0) is 22.3. The van der Waals surface area contributed by atoms with Gasteiger partial charge >= 0.3 is 11.9 Å². The maximum Gasteiger partial charge on any atom is 0.355 e. The van der Waals surface area contributed by atoms with Gasteiger partial charge in [0.15, 0.2) is 6.61 Å². The minimum atomic E-state index is -0.677. The van der Waals surface area contributed by atoms with E-state index in [1.165, 1.54) is 0 Å². The first-order valence-corrected chi connectivity index (χ1v) is 10.0. The molecule has 0 unspecified atom stereocenters. The van der Waals surface area contributed by atoms with Crippen LogP contribution in [0.2, 0.25) is 0 Å². The van der Waals surface area contributed by atoms with Gasteiger partial charge in [0.1, 0.15) is 5.69 Å². The van der Waals surface area contributed by atoms with Gasteiger partial charge in [0, 0.05) is 30.2 Å². The van der Waals surface area contributed by atoms with Crippen molar-refractivity contribution in [2.45, 2.75) is 34.6 Å². The largest absolute Gasteiger partial charge is 0.461 e. The Balaban J connectivity index is 1.97. The van der Waals surface area contributed by atoms with Crippen molar-refractivity contribution in [2.24, 2.45) is 0 Å². The van der Waals surface area contributed by atoms with E-state index in [1.54, 1.807) is 32.9 Å². The standard InChI is InChI=1S/C22H29N3O5/c1-6-25(7-2)17-11-9-16(10-12-17)24-18(26)13-30-21(27)19-14(4)20(23-15(19)5)22(28)29-8-3/h9-12,23H,6-8,13H2,1-5H3,(H,24,26). The van der Waals surface area contributed by atoms with Crippen LogP contribution in [-0.4, -0.2) is 49.1 Å². The summed E-state index contributed by atoms with van der Waals surface area (Å²) in [6, 6.07) is 7.47. The molecule has 8 heteroatoms. The molecule has 0 fully saturated rings. The molecule has 0 aliphatic rings. The summed E-state index contributed by atoms with van der Waals surface area (Å²) < 4.78 is 10.1. The quantitative estimate of drug-likeness (QED) is 0.609. The van der Waals surface area contributed by atoms with Crippen LogP contribution in [0.5, 0.6) is 0 Å². The molecule has 0 spiro atoms. The van der Waals surface area contributed by atoms with E-state index in [2.05, 4.69) is 29.0 Å². The first kappa shape index (κ1) is 23.0. The smallest absolute Gasteiger partial charge is 0.355 e. The fourth-order valence-corrected chi connectivity index (χ4v) is 3.21. The Labute approximate surface area is 176 Å². The molecule has 2 N–H and O–H groups in total. The SMILES string of the molecule is CCOC(=O)c1[nH]c(C)c(C(=O)OCC(=O)Nc2ccc(N(CC)CC)cc2)c1C. The van der Waals surface area contributed by atoms with Crippen LogP contribution in [0.1, 0.15) is 52.9 Å². The number of anilines is 2. The molecule has 0 saturated carbocycles. The van der Waals surface area contributed by atoms with Crippen molar-refractivity contribution in [3.05, 3.63) is 46.8 Å². The van der Waals surface area contributed by atoms with Gasteiger partial charge in [-0.25, -0.2) is 9.59 Å². The number of nitrogens with one attached hydrogen (secondary N) is 2. The average molecular weight is 415 g/mol. The number of aromatic nitrogens is 1. The molecule has 0 aliphatic heterocycles. The fraction of sp³-hybridized carbons (Fsp3) is 0.409. The van der Waals surface area contributed by atoms with Gasteiger partial charge in [-0.15, -0.1) is 0 Å². The van der Waals surface area contributed by atoms with Crippen molar-refractivity contribution in [1.82, 2.24) is 4.98 Å². The van der Waals surface area contributed by atoms with E-state index in [9.17, 15) is 14.4 Å². The number of aromatic amines is 1. The summed E-state index contributed by atoms with van der Waals surface area (Å²) >= 11 is 0.